The van der Waals surface area contributed by atoms with Crippen LogP contribution in [0.25, 0.3) is 0 Å². The van der Waals surface area contributed by atoms with Gasteiger partial charge in [0.15, 0.2) is 5.78 Å². The average molecular weight is 286 g/mol. The Bertz CT molecular complexity index is 610. The van der Waals surface area contributed by atoms with Crippen molar-refractivity contribution in [2.75, 3.05) is 18.0 Å². The van der Waals surface area contributed by atoms with Crippen LogP contribution in [0.5, 0.6) is 0 Å². The lowest BCUT2D eigenvalue weighted by molar-refractivity contribution is 0.0980. The molecule has 1 aromatic heterocycles. The first-order valence-corrected chi connectivity index (χ1v) is 7.06. The Balaban J connectivity index is 2.00. The van der Waals surface area contributed by atoms with Crippen molar-refractivity contribution in [2.24, 2.45) is 0 Å². The molecule has 0 bridgehead atoms. The number of hydrogen-bond acceptors (Lipinski definition) is 3. The molecule has 4 heteroatoms. The highest BCUT2D eigenvalue weighted by Gasteiger charge is 2.11. The first-order chi connectivity index (χ1) is 10.1. The van der Waals surface area contributed by atoms with Crippen LogP contribution in [0.1, 0.15) is 29.4 Å². The van der Waals surface area contributed by atoms with Crippen molar-refractivity contribution >= 4 is 11.5 Å². The predicted molar refractivity (Wildman–Crippen MR) is 82.2 cm³/mol. The highest BCUT2D eigenvalue weighted by atomic mass is 19.1. The summed E-state index contributed by atoms with van der Waals surface area (Å²) in [5.74, 6) is -0.498. The lowest BCUT2D eigenvalue weighted by atomic mass is 10.1. The lowest BCUT2D eigenvalue weighted by Crippen LogP contribution is -2.26. The monoisotopic (exact) mass is 286 g/mol. The van der Waals surface area contributed by atoms with Crippen molar-refractivity contribution in [3.05, 3.63) is 59.7 Å². The molecule has 0 aliphatic rings. The van der Waals surface area contributed by atoms with E-state index < -0.39 is 5.82 Å². The first kappa shape index (κ1) is 15.2. The Morgan fingerprint density at radius 1 is 1.29 bits per heavy atom. The van der Waals surface area contributed by atoms with Gasteiger partial charge in [0.2, 0.25) is 0 Å². The number of rotatable bonds is 6. The van der Waals surface area contributed by atoms with Gasteiger partial charge in [-0.2, -0.15) is 0 Å². The standard InChI is InChI=1S/C17H19FN2O/c1-3-20(15-6-4-5-13(2)11-15)10-9-17(21)16-8-7-14(18)12-19-16/h4-8,11-12H,3,9-10H2,1-2H3. The summed E-state index contributed by atoms with van der Waals surface area (Å²) in [5, 5.41) is 0. The maximum atomic E-state index is 12.8. The van der Waals surface area contributed by atoms with E-state index in [4.69, 9.17) is 0 Å². The molecule has 2 rings (SSSR count). The van der Waals surface area contributed by atoms with Crippen LogP contribution in [-0.4, -0.2) is 23.9 Å². The molecule has 0 N–H and O–H groups in total. The topological polar surface area (TPSA) is 33.2 Å². The molecule has 21 heavy (non-hydrogen) atoms. The van der Waals surface area contributed by atoms with Gasteiger partial charge in [-0.15, -0.1) is 0 Å². The van der Waals surface area contributed by atoms with Crippen LogP contribution in [0.2, 0.25) is 0 Å². The second kappa shape index (κ2) is 6.97. The predicted octanol–water partition coefficient (Wildman–Crippen LogP) is 3.63. The summed E-state index contributed by atoms with van der Waals surface area (Å²) >= 11 is 0. The molecule has 0 aliphatic heterocycles. The van der Waals surface area contributed by atoms with Crippen LogP contribution < -0.4 is 4.90 Å². The van der Waals surface area contributed by atoms with E-state index in [1.165, 1.54) is 17.7 Å². The van der Waals surface area contributed by atoms with Gasteiger partial charge >= 0.3 is 0 Å². The van der Waals surface area contributed by atoms with Gasteiger partial charge in [0.25, 0.3) is 0 Å². The summed E-state index contributed by atoms with van der Waals surface area (Å²) in [6, 6.07) is 10.9. The highest BCUT2D eigenvalue weighted by molar-refractivity contribution is 5.94. The maximum Gasteiger partial charge on any atom is 0.182 e. The lowest BCUT2D eigenvalue weighted by Gasteiger charge is -2.23. The van der Waals surface area contributed by atoms with Crippen molar-refractivity contribution < 1.29 is 9.18 Å². The molecule has 0 unspecified atom stereocenters. The zero-order chi connectivity index (χ0) is 15.2. The summed E-state index contributed by atoms with van der Waals surface area (Å²) in [6.07, 6.45) is 1.44. The molecule has 0 saturated heterocycles. The molecule has 3 nitrogen and oxygen atoms in total. The largest absolute Gasteiger partial charge is 0.371 e. The number of aromatic nitrogens is 1. The summed E-state index contributed by atoms with van der Waals surface area (Å²) in [6.45, 7) is 5.55. The molecular weight excluding hydrogens is 267 g/mol. The van der Waals surface area contributed by atoms with Crippen LogP contribution >= 0.6 is 0 Å². The van der Waals surface area contributed by atoms with Gasteiger partial charge in [-0.05, 0) is 43.7 Å². The molecular formula is C17H19FN2O. The van der Waals surface area contributed by atoms with Gasteiger partial charge in [-0.25, -0.2) is 4.39 Å². The summed E-state index contributed by atoms with van der Waals surface area (Å²) in [7, 11) is 0. The molecule has 0 amide bonds. The smallest absolute Gasteiger partial charge is 0.182 e. The van der Waals surface area contributed by atoms with E-state index in [-0.39, 0.29) is 5.78 Å². The van der Waals surface area contributed by atoms with Gasteiger partial charge in [0.05, 0.1) is 6.20 Å². The molecule has 2 aromatic rings. The Morgan fingerprint density at radius 2 is 2.10 bits per heavy atom. The van der Waals surface area contributed by atoms with Crippen LogP contribution in [0, 0.1) is 12.7 Å². The second-order valence-corrected chi connectivity index (χ2v) is 4.95. The Hall–Kier alpha value is -2.23. The molecule has 1 heterocycles. The van der Waals surface area contributed by atoms with E-state index in [0.29, 0.717) is 18.7 Å². The van der Waals surface area contributed by atoms with Crippen LogP contribution in [-0.2, 0) is 0 Å². The SMILES string of the molecule is CCN(CCC(=O)c1ccc(F)cn1)c1cccc(C)c1. The number of benzene rings is 1. The van der Waals surface area contributed by atoms with Crippen molar-refractivity contribution in [3.8, 4) is 0 Å². The quantitative estimate of drug-likeness (QED) is 0.760. The van der Waals surface area contributed by atoms with Crippen molar-refractivity contribution in [2.45, 2.75) is 20.3 Å². The van der Waals surface area contributed by atoms with E-state index >= 15 is 0 Å². The third-order valence-corrected chi connectivity index (χ3v) is 3.37. The summed E-state index contributed by atoms with van der Waals surface area (Å²) in [4.78, 5) is 18.0. The first-order valence-electron chi connectivity index (χ1n) is 7.06. The number of carbonyl (C=O) groups is 1. The summed E-state index contributed by atoms with van der Waals surface area (Å²) in [5.41, 5.74) is 2.62. The fraction of sp³-hybridized carbons (Fsp3) is 0.294. The molecule has 0 aliphatic carbocycles. The van der Waals surface area contributed by atoms with E-state index in [1.807, 2.05) is 25.1 Å². The normalized spacial score (nSPS) is 10.4. The van der Waals surface area contributed by atoms with Gasteiger partial charge in [0.1, 0.15) is 11.5 Å². The third-order valence-electron chi connectivity index (χ3n) is 3.37. The molecule has 0 spiro atoms. The number of pyridine rings is 1. The fourth-order valence-electron chi connectivity index (χ4n) is 2.20. The number of halogens is 1. The third kappa shape index (κ3) is 4.12. The van der Waals surface area contributed by atoms with E-state index in [2.05, 4.69) is 22.9 Å². The van der Waals surface area contributed by atoms with Gasteiger partial charge in [-0.1, -0.05) is 12.1 Å². The van der Waals surface area contributed by atoms with Crippen molar-refractivity contribution in [1.29, 1.82) is 0 Å². The Morgan fingerprint density at radius 3 is 2.71 bits per heavy atom. The van der Waals surface area contributed by atoms with Crippen molar-refractivity contribution in [1.82, 2.24) is 4.98 Å². The maximum absolute atomic E-state index is 12.8. The van der Waals surface area contributed by atoms with E-state index in [9.17, 15) is 9.18 Å². The average Bonchev–Trinajstić information content (AvgIpc) is 2.48. The molecule has 0 saturated carbocycles. The number of anilines is 1. The zero-order valence-corrected chi connectivity index (χ0v) is 12.3. The molecule has 0 radical (unpaired) electrons. The fourth-order valence-corrected chi connectivity index (χ4v) is 2.20. The minimum atomic E-state index is -0.429. The molecule has 0 atom stereocenters. The molecule has 0 fully saturated rings. The number of ketones is 1. The Kier molecular flexibility index (Phi) is 5.04. The molecule has 1 aromatic carbocycles. The minimum Gasteiger partial charge on any atom is -0.371 e. The second-order valence-electron chi connectivity index (χ2n) is 4.95. The van der Waals surface area contributed by atoms with Crippen molar-refractivity contribution in [3.63, 3.8) is 0 Å². The van der Waals surface area contributed by atoms with E-state index in [1.54, 1.807) is 0 Å². The van der Waals surface area contributed by atoms with Crippen LogP contribution in [0.4, 0.5) is 10.1 Å². The number of Topliss-reactive ketones (excluding diaryl/α,β-unsaturated/α-hetero) is 1. The van der Waals surface area contributed by atoms with Gasteiger partial charge < -0.3 is 4.90 Å². The number of nitrogens with zero attached hydrogens (tertiary/aromatic N) is 2. The number of aryl methyl sites for hydroxylation is 1. The van der Waals surface area contributed by atoms with Gasteiger partial charge in [-0.3, -0.25) is 9.78 Å². The highest BCUT2D eigenvalue weighted by Crippen LogP contribution is 2.16. The number of carbonyl (C=O) groups excluding carboxylic acids is 1. The van der Waals surface area contributed by atoms with Crippen LogP contribution in [0.3, 0.4) is 0 Å². The Labute approximate surface area is 124 Å². The van der Waals surface area contributed by atoms with Crippen LogP contribution in [0.15, 0.2) is 42.6 Å². The number of hydrogen-bond donors (Lipinski definition) is 0. The zero-order valence-electron chi connectivity index (χ0n) is 12.3. The van der Waals surface area contributed by atoms with E-state index in [0.717, 1.165) is 18.4 Å². The molecule has 110 valence electrons. The summed E-state index contributed by atoms with van der Waals surface area (Å²) < 4.78 is 12.8. The minimum absolute atomic E-state index is 0.0684. The van der Waals surface area contributed by atoms with Gasteiger partial charge in [0, 0.05) is 25.2 Å².